The van der Waals surface area contributed by atoms with Crippen molar-refractivity contribution in [3.8, 4) is 0 Å². The molecule has 0 spiro atoms. The number of hydrogen-bond acceptors (Lipinski definition) is 4. The third-order valence-corrected chi connectivity index (χ3v) is 6.87. The van der Waals surface area contributed by atoms with E-state index in [0.29, 0.717) is 37.6 Å². The van der Waals surface area contributed by atoms with Gasteiger partial charge in [0.1, 0.15) is 11.6 Å². The van der Waals surface area contributed by atoms with Gasteiger partial charge in [-0.15, -0.1) is 0 Å². The average Bonchev–Trinajstić information content (AvgIpc) is 2.83. The summed E-state index contributed by atoms with van der Waals surface area (Å²) in [6.45, 7) is 0.483. The smallest absolute Gasteiger partial charge is 0.298 e. The monoisotopic (exact) mass is 545 g/mol. The minimum absolute atomic E-state index is 0.0347. The minimum atomic E-state index is -4.56. The van der Waals surface area contributed by atoms with Gasteiger partial charge >= 0.3 is 12.4 Å². The lowest BCUT2D eigenvalue weighted by molar-refractivity contribution is -0.138. The van der Waals surface area contributed by atoms with Gasteiger partial charge in [0.05, 0.1) is 29.2 Å². The Morgan fingerprint density at radius 1 is 1.05 bits per heavy atom. The number of hydrogen-bond donors (Lipinski definition) is 0. The van der Waals surface area contributed by atoms with E-state index in [4.69, 9.17) is 11.6 Å². The number of halogens is 7. The van der Waals surface area contributed by atoms with Crippen LogP contribution in [0.1, 0.15) is 36.0 Å². The maximum atomic E-state index is 13.2. The molecule has 4 rings (SSSR count). The number of allylic oxidation sites excluding steroid dienone is 2. The predicted octanol–water partition coefficient (Wildman–Crippen LogP) is 5.87. The molecule has 1 unspecified atom stereocenters. The summed E-state index contributed by atoms with van der Waals surface area (Å²) in [5, 5.41) is -0.371. The molecule has 0 saturated carbocycles. The summed E-state index contributed by atoms with van der Waals surface area (Å²) in [5.74, 6) is -0.649. The van der Waals surface area contributed by atoms with Crippen LogP contribution >= 0.6 is 11.6 Å². The molecule has 5 nitrogen and oxygen atoms in total. The van der Waals surface area contributed by atoms with Gasteiger partial charge in [-0.25, -0.2) is 4.98 Å². The molecule has 1 aliphatic carbocycles. The van der Waals surface area contributed by atoms with Gasteiger partial charge in [-0.2, -0.15) is 26.3 Å². The van der Waals surface area contributed by atoms with Crippen molar-refractivity contribution in [3.05, 3.63) is 64.3 Å². The predicted molar refractivity (Wildman–Crippen MR) is 125 cm³/mol. The number of carbonyl (C=O) groups excluding carboxylic acids is 2. The van der Waals surface area contributed by atoms with Crippen molar-refractivity contribution in [1.29, 1.82) is 0 Å². The third-order valence-electron chi connectivity index (χ3n) is 6.54. The fourth-order valence-corrected chi connectivity index (χ4v) is 4.72. The fraction of sp³-hybridized carbons (Fsp3) is 0.400. The van der Waals surface area contributed by atoms with Gasteiger partial charge in [0.2, 0.25) is 5.91 Å². The highest BCUT2D eigenvalue weighted by molar-refractivity contribution is 6.31. The highest BCUT2D eigenvalue weighted by atomic mass is 35.5. The van der Waals surface area contributed by atoms with E-state index >= 15 is 0 Å². The molecule has 2 heterocycles. The van der Waals surface area contributed by atoms with E-state index in [0.717, 1.165) is 23.8 Å². The average molecular weight is 546 g/mol. The zero-order chi connectivity index (χ0) is 27.0. The molecule has 1 amide bonds. The Kier molecular flexibility index (Phi) is 7.66. The second kappa shape index (κ2) is 10.4. The maximum Gasteiger partial charge on any atom is 0.417 e. The normalized spacial score (nSPS) is 19.6. The lowest BCUT2D eigenvalue weighted by Crippen LogP contribution is -2.52. The number of anilines is 1. The topological polar surface area (TPSA) is 53.5 Å². The zero-order valence-electron chi connectivity index (χ0n) is 19.4. The van der Waals surface area contributed by atoms with Crippen molar-refractivity contribution in [2.45, 2.75) is 31.6 Å². The molecule has 1 aliphatic heterocycles. The molecule has 0 N–H and O–H groups in total. The number of nitrogens with zero attached hydrogens (tertiary/aromatic N) is 3. The summed E-state index contributed by atoms with van der Waals surface area (Å²) in [5.41, 5.74) is -0.671. The van der Waals surface area contributed by atoms with Gasteiger partial charge in [0, 0.05) is 25.2 Å². The summed E-state index contributed by atoms with van der Waals surface area (Å²) in [6.07, 6.45) is -5.36. The maximum absolute atomic E-state index is 13.2. The minimum Gasteiger partial charge on any atom is -0.298 e. The molecule has 1 fully saturated rings. The van der Waals surface area contributed by atoms with Gasteiger partial charge < -0.3 is 0 Å². The van der Waals surface area contributed by atoms with Crippen LogP contribution in [-0.2, 0) is 21.9 Å². The lowest BCUT2D eigenvalue weighted by Gasteiger charge is -2.34. The zero-order valence-corrected chi connectivity index (χ0v) is 20.1. The summed E-state index contributed by atoms with van der Waals surface area (Å²) >= 11 is 5.69. The summed E-state index contributed by atoms with van der Waals surface area (Å²) in [6, 6.07) is 5.78. The van der Waals surface area contributed by atoms with Gasteiger partial charge in [0.15, 0.2) is 0 Å². The van der Waals surface area contributed by atoms with Crippen LogP contribution in [0.5, 0.6) is 0 Å². The molecule has 2 aromatic rings. The first-order chi connectivity index (χ1) is 17.3. The number of Topliss-reactive ketones (excluding diaryl/α,β-unsaturated/α-hetero) is 1. The van der Waals surface area contributed by atoms with Crippen molar-refractivity contribution in [1.82, 2.24) is 9.88 Å². The second-order valence-electron chi connectivity index (χ2n) is 9.02. The quantitative estimate of drug-likeness (QED) is 0.441. The third kappa shape index (κ3) is 6.32. The van der Waals surface area contributed by atoms with Crippen LogP contribution in [-0.4, -0.2) is 47.8 Å². The van der Waals surface area contributed by atoms with Crippen LogP contribution in [0.2, 0.25) is 5.02 Å². The van der Waals surface area contributed by atoms with Gasteiger partial charge in [-0.3, -0.25) is 19.4 Å². The molecule has 37 heavy (non-hydrogen) atoms. The molecule has 1 saturated heterocycles. The number of aromatic nitrogens is 1. The van der Waals surface area contributed by atoms with Gasteiger partial charge in [-0.1, -0.05) is 23.7 Å². The fourth-order valence-electron chi connectivity index (χ4n) is 4.49. The number of alkyl halides is 6. The molecule has 198 valence electrons. The van der Waals surface area contributed by atoms with E-state index < -0.39 is 23.5 Å². The Morgan fingerprint density at radius 2 is 1.81 bits per heavy atom. The molecular weight excluding hydrogens is 524 g/mol. The van der Waals surface area contributed by atoms with Crippen molar-refractivity contribution < 1.29 is 35.9 Å². The van der Waals surface area contributed by atoms with Crippen LogP contribution in [0.3, 0.4) is 0 Å². The number of carbonyl (C=O) groups is 2. The Balaban J connectivity index is 1.32. The molecule has 0 bridgehead atoms. The number of rotatable bonds is 5. The molecule has 2 aliphatic rings. The van der Waals surface area contributed by atoms with Gasteiger partial charge in [0.25, 0.3) is 0 Å². The Bertz CT molecular complexity index is 1210. The Morgan fingerprint density at radius 3 is 2.38 bits per heavy atom. The SMILES string of the molecule is O=C(CN1CCN(c2ccc(C(F)(F)F)cn2)C(=O)C1)C1CC=C(c2ccc(Cl)c(C(F)(F)F)c2)CC1. The van der Waals surface area contributed by atoms with Crippen LogP contribution in [0.4, 0.5) is 32.2 Å². The van der Waals surface area contributed by atoms with Crippen molar-refractivity contribution in [2.75, 3.05) is 31.1 Å². The highest BCUT2D eigenvalue weighted by Crippen LogP contribution is 2.38. The number of piperazine rings is 1. The second-order valence-corrected chi connectivity index (χ2v) is 9.43. The van der Waals surface area contributed by atoms with Gasteiger partial charge in [-0.05, 0) is 54.7 Å². The molecule has 1 aromatic heterocycles. The Labute approximate surface area is 213 Å². The molecule has 12 heteroatoms. The summed E-state index contributed by atoms with van der Waals surface area (Å²) in [7, 11) is 0. The molecule has 1 atom stereocenters. The van der Waals surface area contributed by atoms with Crippen LogP contribution < -0.4 is 4.90 Å². The van der Waals surface area contributed by atoms with Crippen LogP contribution in [0, 0.1) is 5.92 Å². The van der Waals surface area contributed by atoms with E-state index in [-0.39, 0.29) is 48.1 Å². The molecular formula is C25H22ClF6N3O2. The first kappa shape index (κ1) is 27.1. The summed E-state index contributed by atoms with van der Waals surface area (Å²) < 4.78 is 77.7. The van der Waals surface area contributed by atoms with E-state index in [1.54, 1.807) is 11.0 Å². The largest absolute Gasteiger partial charge is 0.417 e. The standard InChI is InChI=1S/C25H22ClF6N3O2/c26-20-7-5-17(11-19(20)25(30,31)32)15-1-3-16(4-2-15)21(36)13-34-9-10-35(23(37)14-34)22-8-6-18(12-33-22)24(27,28)29/h1,5-8,11-12,16H,2-4,9-10,13-14H2. The van der Waals surface area contributed by atoms with E-state index in [1.807, 2.05) is 0 Å². The van der Waals surface area contributed by atoms with Crippen molar-refractivity contribution >= 4 is 34.7 Å². The van der Waals surface area contributed by atoms with E-state index in [9.17, 15) is 35.9 Å². The Hall–Kier alpha value is -2.92. The highest BCUT2D eigenvalue weighted by Gasteiger charge is 2.35. The first-order valence-corrected chi connectivity index (χ1v) is 11.9. The van der Waals surface area contributed by atoms with Crippen molar-refractivity contribution in [3.63, 3.8) is 0 Å². The molecule has 0 radical (unpaired) electrons. The number of amides is 1. The summed E-state index contributed by atoms with van der Waals surface area (Å²) in [4.78, 5) is 32.2. The van der Waals surface area contributed by atoms with E-state index in [1.165, 1.54) is 17.0 Å². The number of benzene rings is 1. The van der Waals surface area contributed by atoms with Crippen molar-refractivity contribution in [2.24, 2.45) is 5.92 Å². The van der Waals surface area contributed by atoms with E-state index in [2.05, 4.69) is 4.98 Å². The first-order valence-electron chi connectivity index (χ1n) is 11.5. The lowest BCUT2D eigenvalue weighted by atomic mass is 9.84. The number of pyridine rings is 1. The van der Waals surface area contributed by atoms with Crippen LogP contribution in [0.25, 0.3) is 5.57 Å². The van der Waals surface area contributed by atoms with Crippen LogP contribution in [0.15, 0.2) is 42.6 Å². The number of ketones is 1. The molecule has 1 aromatic carbocycles.